The number of aryl methyl sites for hydroxylation is 1. The SMILES string of the molecule is CCNc1cc(Nc2ccccc2CC)nc(C(C)C)n1. The average molecular weight is 284 g/mol. The van der Waals surface area contributed by atoms with Gasteiger partial charge in [-0.2, -0.15) is 0 Å². The molecule has 112 valence electrons. The lowest BCUT2D eigenvalue weighted by Gasteiger charge is -2.14. The minimum Gasteiger partial charge on any atom is -0.370 e. The van der Waals surface area contributed by atoms with Crippen LogP contribution in [-0.2, 0) is 6.42 Å². The van der Waals surface area contributed by atoms with Gasteiger partial charge in [0.15, 0.2) is 0 Å². The van der Waals surface area contributed by atoms with E-state index in [9.17, 15) is 0 Å². The van der Waals surface area contributed by atoms with Crippen LogP contribution in [0.1, 0.15) is 45.0 Å². The fourth-order valence-electron chi connectivity index (χ4n) is 2.15. The van der Waals surface area contributed by atoms with E-state index < -0.39 is 0 Å². The summed E-state index contributed by atoms with van der Waals surface area (Å²) >= 11 is 0. The van der Waals surface area contributed by atoms with Crippen molar-refractivity contribution in [3.63, 3.8) is 0 Å². The molecule has 1 aromatic heterocycles. The highest BCUT2D eigenvalue weighted by Gasteiger charge is 2.09. The number of hydrogen-bond acceptors (Lipinski definition) is 4. The van der Waals surface area contributed by atoms with Gasteiger partial charge in [-0.1, -0.05) is 39.0 Å². The zero-order valence-corrected chi connectivity index (χ0v) is 13.3. The Labute approximate surface area is 127 Å². The van der Waals surface area contributed by atoms with Crippen molar-refractivity contribution in [2.75, 3.05) is 17.2 Å². The molecule has 0 saturated carbocycles. The molecular weight excluding hydrogens is 260 g/mol. The molecule has 2 N–H and O–H groups in total. The molecule has 0 saturated heterocycles. The van der Waals surface area contributed by atoms with Gasteiger partial charge in [0.1, 0.15) is 17.5 Å². The molecule has 0 bridgehead atoms. The molecule has 1 aromatic carbocycles. The molecule has 0 unspecified atom stereocenters. The van der Waals surface area contributed by atoms with Crippen molar-refractivity contribution < 1.29 is 0 Å². The first-order valence-corrected chi connectivity index (χ1v) is 7.61. The number of nitrogens with one attached hydrogen (secondary N) is 2. The number of benzene rings is 1. The van der Waals surface area contributed by atoms with Crippen molar-refractivity contribution in [2.45, 2.75) is 40.0 Å². The highest BCUT2D eigenvalue weighted by molar-refractivity contribution is 5.62. The third-order valence-electron chi connectivity index (χ3n) is 3.28. The highest BCUT2D eigenvalue weighted by atomic mass is 15.1. The molecule has 0 amide bonds. The molecule has 0 spiro atoms. The second-order valence-corrected chi connectivity index (χ2v) is 5.32. The minimum absolute atomic E-state index is 0.297. The maximum atomic E-state index is 4.62. The lowest BCUT2D eigenvalue weighted by atomic mass is 10.1. The van der Waals surface area contributed by atoms with E-state index in [-0.39, 0.29) is 0 Å². The molecule has 1 heterocycles. The van der Waals surface area contributed by atoms with Crippen LogP contribution in [0.25, 0.3) is 0 Å². The van der Waals surface area contributed by atoms with Gasteiger partial charge in [0.2, 0.25) is 0 Å². The molecule has 0 aliphatic carbocycles. The summed E-state index contributed by atoms with van der Waals surface area (Å²) in [5.74, 6) is 2.86. The van der Waals surface area contributed by atoms with Gasteiger partial charge in [-0.25, -0.2) is 9.97 Å². The van der Waals surface area contributed by atoms with Crippen molar-refractivity contribution in [2.24, 2.45) is 0 Å². The summed E-state index contributed by atoms with van der Waals surface area (Å²) in [6, 6.07) is 10.3. The second-order valence-electron chi connectivity index (χ2n) is 5.32. The van der Waals surface area contributed by atoms with E-state index in [0.717, 1.165) is 36.1 Å². The molecule has 0 atom stereocenters. The third kappa shape index (κ3) is 3.94. The maximum Gasteiger partial charge on any atom is 0.136 e. The van der Waals surface area contributed by atoms with Gasteiger partial charge in [-0.3, -0.25) is 0 Å². The van der Waals surface area contributed by atoms with Crippen molar-refractivity contribution in [3.8, 4) is 0 Å². The van der Waals surface area contributed by atoms with E-state index in [1.165, 1.54) is 5.56 Å². The van der Waals surface area contributed by atoms with Crippen LogP contribution in [0.3, 0.4) is 0 Å². The smallest absolute Gasteiger partial charge is 0.136 e. The van der Waals surface area contributed by atoms with Crippen LogP contribution in [0.15, 0.2) is 30.3 Å². The second kappa shape index (κ2) is 7.07. The van der Waals surface area contributed by atoms with Crippen molar-refractivity contribution in [1.82, 2.24) is 9.97 Å². The number of nitrogens with zero attached hydrogens (tertiary/aromatic N) is 2. The molecule has 2 rings (SSSR count). The van der Waals surface area contributed by atoms with E-state index >= 15 is 0 Å². The predicted molar refractivity (Wildman–Crippen MR) is 89.4 cm³/mol. The number of aromatic nitrogens is 2. The molecule has 2 aromatic rings. The Morgan fingerprint density at radius 1 is 1.05 bits per heavy atom. The Hall–Kier alpha value is -2.10. The summed E-state index contributed by atoms with van der Waals surface area (Å²) in [5.41, 5.74) is 2.39. The standard InChI is InChI=1S/C17H24N4/c1-5-13-9-7-8-10-14(13)19-16-11-15(18-6-2)20-17(21-16)12(3)4/h7-12H,5-6H2,1-4H3,(H2,18,19,20,21). The molecule has 21 heavy (non-hydrogen) atoms. The fraction of sp³-hybridized carbons (Fsp3) is 0.412. The number of rotatable bonds is 6. The first kappa shape index (κ1) is 15.3. The topological polar surface area (TPSA) is 49.8 Å². The quantitative estimate of drug-likeness (QED) is 0.828. The molecule has 0 aliphatic rings. The lowest BCUT2D eigenvalue weighted by Crippen LogP contribution is -2.07. The monoisotopic (exact) mass is 284 g/mol. The minimum atomic E-state index is 0.297. The van der Waals surface area contributed by atoms with Gasteiger partial charge in [-0.05, 0) is 25.0 Å². The molecular formula is C17H24N4. The summed E-state index contributed by atoms with van der Waals surface area (Å²) < 4.78 is 0. The summed E-state index contributed by atoms with van der Waals surface area (Å²) in [7, 11) is 0. The van der Waals surface area contributed by atoms with E-state index in [4.69, 9.17) is 0 Å². The third-order valence-corrected chi connectivity index (χ3v) is 3.28. The van der Waals surface area contributed by atoms with Crippen LogP contribution in [0, 0.1) is 0 Å². The van der Waals surface area contributed by atoms with Gasteiger partial charge < -0.3 is 10.6 Å². The van der Waals surface area contributed by atoms with Gasteiger partial charge in [-0.15, -0.1) is 0 Å². The van der Waals surface area contributed by atoms with E-state index in [0.29, 0.717) is 5.92 Å². The molecule has 0 radical (unpaired) electrons. The predicted octanol–water partition coefficient (Wildman–Crippen LogP) is 4.34. The highest BCUT2D eigenvalue weighted by Crippen LogP contribution is 2.23. The lowest BCUT2D eigenvalue weighted by molar-refractivity contribution is 0.777. The van der Waals surface area contributed by atoms with Crippen molar-refractivity contribution >= 4 is 17.3 Å². The first-order valence-electron chi connectivity index (χ1n) is 7.61. The molecule has 4 heteroatoms. The summed E-state index contributed by atoms with van der Waals surface area (Å²) in [6.07, 6.45) is 0.991. The molecule has 0 fully saturated rings. The Morgan fingerprint density at radius 3 is 2.43 bits per heavy atom. The summed E-state index contributed by atoms with van der Waals surface area (Å²) in [6.45, 7) is 9.28. The van der Waals surface area contributed by atoms with Gasteiger partial charge in [0.25, 0.3) is 0 Å². The van der Waals surface area contributed by atoms with Crippen LogP contribution in [0.2, 0.25) is 0 Å². The van der Waals surface area contributed by atoms with Crippen LogP contribution >= 0.6 is 0 Å². The Balaban J connectivity index is 2.34. The number of anilines is 3. The van der Waals surface area contributed by atoms with E-state index in [1.54, 1.807) is 0 Å². The number of para-hydroxylation sites is 1. The van der Waals surface area contributed by atoms with Gasteiger partial charge >= 0.3 is 0 Å². The zero-order chi connectivity index (χ0) is 15.2. The summed E-state index contributed by atoms with van der Waals surface area (Å²) in [5, 5.41) is 6.69. The molecule has 4 nitrogen and oxygen atoms in total. The van der Waals surface area contributed by atoms with Crippen molar-refractivity contribution in [1.29, 1.82) is 0 Å². The van der Waals surface area contributed by atoms with Crippen LogP contribution in [-0.4, -0.2) is 16.5 Å². The van der Waals surface area contributed by atoms with Crippen LogP contribution < -0.4 is 10.6 Å². The van der Waals surface area contributed by atoms with E-state index in [2.05, 4.69) is 66.5 Å². The normalized spacial score (nSPS) is 10.7. The summed E-state index contributed by atoms with van der Waals surface area (Å²) in [4.78, 5) is 9.17. The average Bonchev–Trinajstić information content (AvgIpc) is 2.48. The maximum absolute atomic E-state index is 4.62. The van der Waals surface area contributed by atoms with Crippen LogP contribution in [0.4, 0.5) is 17.3 Å². The fourth-order valence-corrected chi connectivity index (χ4v) is 2.15. The zero-order valence-electron chi connectivity index (χ0n) is 13.3. The van der Waals surface area contributed by atoms with Gasteiger partial charge in [0, 0.05) is 24.2 Å². The van der Waals surface area contributed by atoms with Crippen molar-refractivity contribution in [3.05, 3.63) is 41.7 Å². The Kier molecular flexibility index (Phi) is 5.14. The van der Waals surface area contributed by atoms with Crippen LogP contribution in [0.5, 0.6) is 0 Å². The first-order chi connectivity index (χ1) is 10.1. The van der Waals surface area contributed by atoms with E-state index in [1.807, 2.05) is 12.1 Å². The Bertz CT molecular complexity index is 593. The largest absolute Gasteiger partial charge is 0.370 e. The Morgan fingerprint density at radius 2 is 1.76 bits per heavy atom. The number of hydrogen-bond donors (Lipinski definition) is 2. The molecule has 0 aliphatic heterocycles. The van der Waals surface area contributed by atoms with Gasteiger partial charge in [0.05, 0.1) is 0 Å².